The molecule has 1 heterocycles. The van der Waals surface area contributed by atoms with Crippen LogP contribution in [0.15, 0.2) is 78.0 Å². The minimum absolute atomic E-state index is 0.0551. The number of para-hydroxylation sites is 1. The lowest BCUT2D eigenvalue weighted by Crippen LogP contribution is -2.14. The van der Waals surface area contributed by atoms with Gasteiger partial charge >= 0.3 is 5.97 Å². The molecule has 136 valence electrons. The Labute approximate surface area is 160 Å². The highest BCUT2D eigenvalue weighted by Crippen LogP contribution is 2.23. The van der Waals surface area contributed by atoms with Crippen LogP contribution in [0.3, 0.4) is 0 Å². The predicted octanol–water partition coefficient (Wildman–Crippen LogP) is 4.30. The molecule has 0 bridgehead atoms. The zero-order valence-electron chi connectivity index (χ0n) is 14.2. The van der Waals surface area contributed by atoms with Gasteiger partial charge in [0.1, 0.15) is 16.5 Å². The lowest BCUT2D eigenvalue weighted by atomic mass is 10.3. The van der Waals surface area contributed by atoms with E-state index in [-0.39, 0.29) is 17.2 Å². The molecule has 1 aromatic heterocycles. The normalized spacial score (nSPS) is 10.2. The molecule has 7 heteroatoms. The van der Waals surface area contributed by atoms with E-state index in [4.69, 9.17) is 9.84 Å². The van der Waals surface area contributed by atoms with Crippen LogP contribution in [0.25, 0.3) is 0 Å². The molecule has 2 N–H and O–H groups in total. The van der Waals surface area contributed by atoms with Crippen molar-refractivity contribution in [1.29, 1.82) is 0 Å². The van der Waals surface area contributed by atoms with Crippen LogP contribution in [0.1, 0.15) is 10.4 Å². The first kappa shape index (κ1) is 18.5. The molecular weight excluding hydrogens is 364 g/mol. The topological polar surface area (TPSA) is 88.5 Å². The van der Waals surface area contributed by atoms with Crippen LogP contribution in [0.5, 0.6) is 11.5 Å². The molecule has 2 aromatic carbocycles. The second-order valence-corrected chi connectivity index (χ2v) is 6.40. The number of carbonyl (C=O) groups is 2. The lowest BCUT2D eigenvalue weighted by molar-refractivity contribution is -0.113. The zero-order valence-corrected chi connectivity index (χ0v) is 15.0. The maximum atomic E-state index is 12.1. The van der Waals surface area contributed by atoms with E-state index in [1.807, 2.05) is 30.3 Å². The lowest BCUT2D eigenvalue weighted by Gasteiger charge is -2.08. The molecule has 3 rings (SSSR count). The van der Waals surface area contributed by atoms with Gasteiger partial charge in [-0.25, -0.2) is 9.78 Å². The third kappa shape index (κ3) is 5.32. The molecule has 6 nitrogen and oxygen atoms in total. The summed E-state index contributed by atoms with van der Waals surface area (Å²) in [4.78, 5) is 27.3. The smallest absolute Gasteiger partial charge is 0.338 e. The van der Waals surface area contributed by atoms with E-state index in [1.54, 1.807) is 30.3 Å². The van der Waals surface area contributed by atoms with E-state index in [2.05, 4.69) is 10.3 Å². The summed E-state index contributed by atoms with van der Waals surface area (Å²) in [5, 5.41) is 12.2. The average molecular weight is 380 g/mol. The van der Waals surface area contributed by atoms with Gasteiger partial charge in [-0.3, -0.25) is 4.79 Å². The van der Waals surface area contributed by atoms with Crippen molar-refractivity contribution < 1.29 is 19.4 Å². The number of aromatic nitrogens is 1. The maximum absolute atomic E-state index is 12.1. The van der Waals surface area contributed by atoms with Gasteiger partial charge in [0.2, 0.25) is 5.91 Å². The highest BCUT2D eigenvalue weighted by molar-refractivity contribution is 8.00. The van der Waals surface area contributed by atoms with Crippen molar-refractivity contribution in [2.24, 2.45) is 0 Å². The second kappa shape index (κ2) is 8.86. The number of amides is 1. The molecule has 0 spiro atoms. The zero-order chi connectivity index (χ0) is 19.1. The Morgan fingerprint density at radius 3 is 2.37 bits per heavy atom. The monoisotopic (exact) mass is 380 g/mol. The van der Waals surface area contributed by atoms with Crippen LogP contribution in [0.2, 0.25) is 0 Å². The van der Waals surface area contributed by atoms with Gasteiger partial charge in [0.15, 0.2) is 0 Å². The van der Waals surface area contributed by atoms with Gasteiger partial charge in [-0.1, -0.05) is 30.0 Å². The predicted molar refractivity (Wildman–Crippen MR) is 104 cm³/mol. The van der Waals surface area contributed by atoms with Crippen LogP contribution >= 0.6 is 11.8 Å². The number of pyridine rings is 1. The number of hydrogen-bond acceptors (Lipinski definition) is 5. The van der Waals surface area contributed by atoms with Crippen LogP contribution in [-0.2, 0) is 4.79 Å². The maximum Gasteiger partial charge on any atom is 0.338 e. The summed E-state index contributed by atoms with van der Waals surface area (Å²) in [5.41, 5.74) is 0.707. The number of carboxylic acids is 1. The number of hydrogen-bond donors (Lipinski definition) is 2. The standard InChI is InChI=1S/C20H16N2O4S/c23-18(13-27-19-17(20(24)25)7-4-12-21-19)22-14-8-10-16(11-9-14)26-15-5-2-1-3-6-15/h1-12H,13H2,(H,22,23)(H,24,25). The summed E-state index contributed by atoms with van der Waals surface area (Å²) in [6.45, 7) is 0. The average Bonchev–Trinajstić information content (AvgIpc) is 2.69. The van der Waals surface area contributed by atoms with Crippen molar-refractivity contribution in [3.05, 3.63) is 78.5 Å². The highest BCUT2D eigenvalue weighted by atomic mass is 32.2. The fraction of sp³-hybridized carbons (Fsp3) is 0.0500. The van der Waals surface area contributed by atoms with Crippen molar-refractivity contribution in [2.75, 3.05) is 11.1 Å². The first-order valence-electron chi connectivity index (χ1n) is 8.06. The molecule has 1 amide bonds. The molecule has 0 aliphatic heterocycles. The number of benzene rings is 2. The Balaban J connectivity index is 1.54. The minimum Gasteiger partial charge on any atom is -0.478 e. The van der Waals surface area contributed by atoms with Gasteiger partial charge in [0, 0.05) is 11.9 Å². The SMILES string of the molecule is O=C(CSc1ncccc1C(=O)O)Nc1ccc(Oc2ccccc2)cc1. The van der Waals surface area contributed by atoms with E-state index in [9.17, 15) is 9.59 Å². The Hall–Kier alpha value is -3.32. The van der Waals surface area contributed by atoms with E-state index in [1.165, 1.54) is 12.3 Å². The molecule has 0 fully saturated rings. The number of carboxylic acid groups (broad SMARTS) is 1. The summed E-state index contributed by atoms with van der Waals surface area (Å²) in [5.74, 6) is 0.127. The molecule has 0 radical (unpaired) electrons. The van der Waals surface area contributed by atoms with Gasteiger partial charge in [0.25, 0.3) is 0 Å². The summed E-state index contributed by atoms with van der Waals surface area (Å²) in [7, 11) is 0. The van der Waals surface area contributed by atoms with E-state index >= 15 is 0 Å². The first-order chi connectivity index (χ1) is 13.1. The quantitative estimate of drug-likeness (QED) is 0.594. The van der Waals surface area contributed by atoms with Crippen molar-refractivity contribution in [1.82, 2.24) is 4.98 Å². The van der Waals surface area contributed by atoms with E-state index in [0.29, 0.717) is 16.5 Å². The van der Waals surface area contributed by atoms with Crippen LogP contribution in [0.4, 0.5) is 5.69 Å². The fourth-order valence-electron chi connectivity index (χ4n) is 2.23. The van der Waals surface area contributed by atoms with Crippen molar-refractivity contribution in [2.45, 2.75) is 5.03 Å². The Bertz CT molecular complexity index is 930. The Morgan fingerprint density at radius 2 is 1.67 bits per heavy atom. The summed E-state index contributed by atoms with van der Waals surface area (Å²) < 4.78 is 5.70. The Morgan fingerprint density at radius 1 is 0.963 bits per heavy atom. The number of ether oxygens (including phenoxy) is 1. The summed E-state index contributed by atoms with van der Waals surface area (Å²) in [6, 6.07) is 19.4. The minimum atomic E-state index is -1.07. The van der Waals surface area contributed by atoms with E-state index in [0.717, 1.165) is 17.5 Å². The molecule has 0 aliphatic rings. The number of anilines is 1. The molecule has 0 atom stereocenters. The number of aromatic carboxylic acids is 1. The molecular formula is C20H16N2O4S. The van der Waals surface area contributed by atoms with Crippen molar-refractivity contribution in [3.63, 3.8) is 0 Å². The van der Waals surface area contributed by atoms with Crippen LogP contribution in [-0.4, -0.2) is 27.7 Å². The third-order valence-electron chi connectivity index (χ3n) is 3.46. The third-order valence-corrected chi connectivity index (χ3v) is 4.46. The number of nitrogens with zero attached hydrogens (tertiary/aromatic N) is 1. The molecule has 0 saturated heterocycles. The number of carbonyl (C=O) groups excluding carboxylic acids is 1. The molecule has 3 aromatic rings. The van der Waals surface area contributed by atoms with Gasteiger partial charge < -0.3 is 15.2 Å². The molecule has 27 heavy (non-hydrogen) atoms. The largest absolute Gasteiger partial charge is 0.478 e. The summed E-state index contributed by atoms with van der Waals surface area (Å²) >= 11 is 1.08. The molecule has 0 saturated carbocycles. The highest BCUT2D eigenvalue weighted by Gasteiger charge is 2.13. The van der Waals surface area contributed by atoms with Gasteiger partial charge in [-0.05, 0) is 48.5 Å². The van der Waals surface area contributed by atoms with Gasteiger partial charge in [0.05, 0.1) is 11.3 Å². The fourth-order valence-corrected chi connectivity index (χ4v) is 3.02. The molecule has 0 unspecified atom stereocenters. The Kier molecular flexibility index (Phi) is 6.06. The second-order valence-electron chi connectivity index (χ2n) is 5.44. The number of rotatable bonds is 7. The van der Waals surface area contributed by atoms with Crippen LogP contribution in [0, 0.1) is 0 Å². The van der Waals surface area contributed by atoms with Crippen LogP contribution < -0.4 is 10.1 Å². The van der Waals surface area contributed by atoms with Gasteiger partial charge in [-0.2, -0.15) is 0 Å². The summed E-state index contributed by atoms with van der Waals surface area (Å²) in [6.07, 6.45) is 1.50. The first-order valence-corrected chi connectivity index (χ1v) is 9.04. The number of thioether (sulfide) groups is 1. The van der Waals surface area contributed by atoms with Crippen molar-refractivity contribution in [3.8, 4) is 11.5 Å². The van der Waals surface area contributed by atoms with Crippen molar-refractivity contribution >= 4 is 29.3 Å². The van der Waals surface area contributed by atoms with Gasteiger partial charge in [-0.15, -0.1) is 0 Å². The number of nitrogens with one attached hydrogen (secondary N) is 1. The van der Waals surface area contributed by atoms with E-state index < -0.39 is 5.97 Å². The molecule has 0 aliphatic carbocycles.